The number of ketones is 1. The smallest absolute Gasteiger partial charge is 0.328 e. The molecule has 0 aromatic carbocycles. The molecule has 0 amide bonds. The van der Waals surface area contributed by atoms with E-state index in [0.717, 1.165) is 6.42 Å². The summed E-state index contributed by atoms with van der Waals surface area (Å²) in [6, 6.07) is -0.893. The standard InChI is InChI=1S/C13H19NO4/c1-3-5-10(15)12-9(6-4-7-11(12)16)14-8(2)13(17)18/h8,15H,3-7H2,1-2H3,(H,17,18)/t8-/m1/s1. The first-order valence-electron chi connectivity index (χ1n) is 6.22. The SMILES string of the molecule is CCCC(O)=C1C(=O)CCCC1=N[C@H](C)C(=O)O. The number of nitrogens with zero attached hydrogens (tertiary/aromatic N) is 1. The Labute approximate surface area is 106 Å². The molecule has 2 N–H and O–H groups in total. The lowest BCUT2D eigenvalue weighted by Crippen LogP contribution is -2.24. The molecule has 0 saturated heterocycles. The quantitative estimate of drug-likeness (QED) is 0.594. The molecule has 0 heterocycles. The second kappa shape index (κ2) is 6.33. The number of aliphatic hydroxyl groups excluding tert-OH is 1. The average molecular weight is 253 g/mol. The first kappa shape index (κ1) is 14.4. The summed E-state index contributed by atoms with van der Waals surface area (Å²) in [6.07, 6.45) is 2.74. The first-order valence-corrected chi connectivity index (χ1v) is 6.22. The monoisotopic (exact) mass is 253 g/mol. The number of carboxylic acid groups (broad SMARTS) is 1. The summed E-state index contributed by atoms with van der Waals surface area (Å²) in [5, 5.41) is 18.7. The lowest BCUT2D eigenvalue weighted by molar-refractivity contribution is -0.138. The van der Waals surface area contributed by atoms with Gasteiger partial charge in [-0.05, 0) is 26.2 Å². The Bertz CT molecular complexity index is 409. The number of aliphatic carboxylic acids is 1. The molecule has 0 bridgehead atoms. The Balaban J connectivity index is 3.10. The molecule has 1 aliphatic carbocycles. The maximum absolute atomic E-state index is 11.8. The average Bonchev–Trinajstić information content (AvgIpc) is 2.29. The van der Waals surface area contributed by atoms with Crippen LogP contribution in [0, 0.1) is 0 Å². The summed E-state index contributed by atoms with van der Waals surface area (Å²) in [5.41, 5.74) is 0.684. The van der Waals surface area contributed by atoms with Crippen LogP contribution in [0.1, 0.15) is 46.0 Å². The largest absolute Gasteiger partial charge is 0.511 e. The molecule has 0 aromatic rings. The van der Waals surface area contributed by atoms with Gasteiger partial charge in [-0.2, -0.15) is 0 Å². The molecule has 100 valence electrons. The lowest BCUT2D eigenvalue weighted by atomic mass is 9.89. The van der Waals surface area contributed by atoms with E-state index in [4.69, 9.17) is 5.11 Å². The molecular weight excluding hydrogens is 234 g/mol. The fourth-order valence-corrected chi connectivity index (χ4v) is 1.93. The van der Waals surface area contributed by atoms with Crippen molar-refractivity contribution in [1.29, 1.82) is 0 Å². The molecule has 0 radical (unpaired) electrons. The molecule has 1 atom stereocenters. The number of hydrogen-bond donors (Lipinski definition) is 2. The number of hydrogen-bond acceptors (Lipinski definition) is 4. The maximum Gasteiger partial charge on any atom is 0.328 e. The van der Waals surface area contributed by atoms with Gasteiger partial charge < -0.3 is 10.2 Å². The van der Waals surface area contributed by atoms with Gasteiger partial charge in [-0.25, -0.2) is 4.79 Å². The van der Waals surface area contributed by atoms with E-state index in [-0.39, 0.29) is 17.1 Å². The van der Waals surface area contributed by atoms with Gasteiger partial charge in [-0.15, -0.1) is 0 Å². The Kier molecular flexibility index (Phi) is 5.07. The zero-order chi connectivity index (χ0) is 13.7. The van der Waals surface area contributed by atoms with Gasteiger partial charge in [-0.1, -0.05) is 6.92 Å². The molecule has 5 nitrogen and oxygen atoms in total. The first-order chi connectivity index (χ1) is 8.47. The van der Waals surface area contributed by atoms with E-state index in [2.05, 4.69) is 4.99 Å². The van der Waals surface area contributed by atoms with E-state index >= 15 is 0 Å². The summed E-state index contributed by atoms with van der Waals surface area (Å²) >= 11 is 0. The number of aliphatic imine (C=N–C) groups is 1. The normalized spacial score (nSPS) is 23.0. The molecule has 1 saturated carbocycles. The highest BCUT2D eigenvalue weighted by atomic mass is 16.4. The van der Waals surface area contributed by atoms with Crippen LogP contribution in [0.3, 0.4) is 0 Å². The molecule has 18 heavy (non-hydrogen) atoms. The van der Waals surface area contributed by atoms with Crippen molar-refractivity contribution in [2.45, 2.75) is 52.0 Å². The maximum atomic E-state index is 11.8. The van der Waals surface area contributed by atoms with E-state index in [1.54, 1.807) is 0 Å². The highest BCUT2D eigenvalue weighted by Crippen LogP contribution is 2.23. The van der Waals surface area contributed by atoms with E-state index in [1.807, 2.05) is 6.92 Å². The number of carbonyl (C=O) groups excluding carboxylic acids is 1. The van der Waals surface area contributed by atoms with E-state index in [1.165, 1.54) is 6.92 Å². The summed E-state index contributed by atoms with van der Waals surface area (Å²) < 4.78 is 0. The summed E-state index contributed by atoms with van der Waals surface area (Å²) in [6.45, 7) is 3.36. The van der Waals surface area contributed by atoms with Crippen LogP contribution in [0.15, 0.2) is 16.3 Å². The fourth-order valence-electron chi connectivity index (χ4n) is 1.93. The van der Waals surface area contributed by atoms with Crippen LogP contribution in [-0.4, -0.2) is 33.7 Å². The van der Waals surface area contributed by atoms with Crippen LogP contribution in [0.4, 0.5) is 0 Å². The minimum Gasteiger partial charge on any atom is -0.511 e. The van der Waals surface area contributed by atoms with Crippen molar-refractivity contribution in [2.75, 3.05) is 0 Å². The molecule has 1 fully saturated rings. The van der Waals surface area contributed by atoms with Gasteiger partial charge in [0.2, 0.25) is 0 Å². The topological polar surface area (TPSA) is 87.0 Å². The highest BCUT2D eigenvalue weighted by molar-refractivity contribution is 6.24. The number of carboxylic acids is 1. The van der Waals surface area contributed by atoms with Crippen LogP contribution in [-0.2, 0) is 9.59 Å². The van der Waals surface area contributed by atoms with Crippen LogP contribution in [0.2, 0.25) is 0 Å². The van der Waals surface area contributed by atoms with Gasteiger partial charge in [0.1, 0.15) is 11.8 Å². The van der Waals surface area contributed by atoms with Crippen LogP contribution in [0.5, 0.6) is 0 Å². The molecule has 0 aliphatic heterocycles. The van der Waals surface area contributed by atoms with Gasteiger partial charge in [0, 0.05) is 12.8 Å². The predicted molar refractivity (Wildman–Crippen MR) is 68.0 cm³/mol. The molecule has 0 spiro atoms. The molecule has 1 aliphatic rings. The third kappa shape index (κ3) is 3.42. The van der Waals surface area contributed by atoms with Crippen molar-refractivity contribution in [3.8, 4) is 0 Å². The van der Waals surface area contributed by atoms with Crippen molar-refractivity contribution in [3.63, 3.8) is 0 Å². The summed E-state index contributed by atoms with van der Waals surface area (Å²) in [7, 11) is 0. The summed E-state index contributed by atoms with van der Waals surface area (Å²) in [5.74, 6) is -1.13. The second-order valence-electron chi connectivity index (χ2n) is 4.44. The zero-order valence-electron chi connectivity index (χ0n) is 10.8. The van der Waals surface area contributed by atoms with Crippen LogP contribution < -0.4 is 0 Å². The molecular formula is C13H19NO4. The van der Waals surface area contributed by atoms with Crippen LogP contribution in [0.25, 0.3) is 0 Å². The predicted octanol–water partition coefficient (Wildman–Crippen LogP) is 2.27. The van der Waals surface area contributed by atoms with Gasteiger partial charge in [0.25, 0.3) is 0 Å². The Morgan fingerprint density at radius 2 is 2.06 bits per heavy atom. The van der Waals surface area contributed by atoms with Crippen LogP contribution >= 0.6 is 0 Å². The molecule has 5 heteroatoms. The third-order valence-electron chi connectivity index (χ3n) is 2.87. The van der Waals surface area contributed by atoms with Gasteiger partial charge in [-0.3, -0.25) is 9.79 Å². The van der Waals surface area contributed by atoms with Gasteiger partial charge >= 0.3 is 5.97 Å². The number of allylic oxidation sites excluding steroid dienone is 2. The summed E-state index contributed by atoms with van der Waals surface area (Å²) in [4.78, 5) is 26.7. The Morgan fingerprint density at radius 1 is 1.39 bits per heavy atom. The minimum atomic E-state index is -1.03. The number of aliphatic hydroxyl groups is 1. The van der Waals surface area contributed by atoms with Crippen molar-refractivity contribution in [2.24, 2.45) is 4.99 Å². The second-order valence-corrected chi connectivity index (χ2v) is 4.44. The number of carbonyl (C=O) groups is 2. The number of rotatable bonds is 4. The van der Waals surface area contributed by atoms with E-state index < -0.39 is 12.0 Å². The number of Topliss-reactive ketones (excluding diaryl/α,β-unsaturated/α-hetero) is 1. The third-order valence-corrected chi connectivity index (χ3v) is 2.87. The lowest BCUT2D eigenvalue weighted by Gasteiger charge is -2.18. The Morgan fingerprint density at radius 3 is 2.61 bits per heavy atom. The van der Waals surface area contributed by atoms with Crippen molar-refractivity contribution in [3.05, 3.63) is 11.3 Å². The van der Waals surface area contributed by atoms with Crippen molar-refractivity contribution in [1.82, 2.24) is 0 Å². The molecule has 1 rings (SSSR count). The zero-order valence-corrected chi connectivity index (χ0v) is 10.8. The Hall–Kier alpha value is -1.65. The van der Waals surface area contributed by atoms with E-state index in [9.17, 15) is 14.7 Å². The highest BCUT2D eigenvalue weighted by Gasteiger charge is 2.26. The molecule has 0 aromatic heterocycles. The fraction of sp³-hybridized carbons (Fsp3) is 0.615. The van der Waals surface area contributed by atoms with Crippen molar-refractivity contribution >= 4 is 17.5 Å². The minimum absolute atomic E-state index is 0.0403. The van der Waals surface area contributed by atoms with Crippen molar-refractivity contribution < 1.29 is 19.8 Å². The van der Waals surface area contributed by atoms with Gasteiger partial charge in [0.15, 0.2) is 5.78 Å². The molecule has 0 unspecified atom stereocenters. The van der Waals surface area contributed by atoms with Gasteiger partial charge in [0.05, 0.1) is 11.3 Å². The van der Waals surface area contributed by atoms with E-state index in [0.29, 0.717) is 31.4 Å².